The second-order valence-corrected chi connectivity index (χ2v) is 6.27. The molecule has 144 valence electrons. The molecule has 0 unspecified atom stereocenters. The molecule has 2 rings (SSSR count). The van der Waals surface area contributed by atoms with Crippen LogP contribution in [0.25, 0.3) is 12.2 Å². The molecule has 0 heterocycles. The molecule has 0 radical (unpaired) electrons. The average Bonchev–Trinajstić information content (AvgIpc) is 2.75. The van der Waals surface area contributed by atoms with Crippen LogP contribution >= 0.6 is 0 Å². The number of carbonyl (C=O) groups excluding carboxylic acids is 1. The first kappa shape index (κ1) is 21.0. The number of nitrogens with zero attached hydrogens (tertiary/aromatic N) is 1. The van der Waals surface area contributed by atoms with Crippen LogP contribution in [-0.2, 0) is 9.53 Å². The molecule has 28 heavy (non-hydrogen) atoms. The molecule has 2 aromatic rings. The van der Waals surface area contributed by atoms with Gasteiger partial charge in [-0.1, -0.05) is 43.0 Å². The average molecular weight is 375 g/mol. The van der Waals surface area contributed by atoms with Crippen LogP contribution < -0.4 is 4.74 Å². The second-order valence-electron chi connectivity index (χ2n) is 6.27. The molecular formula is C24H25NO3. The Balaban J connectivity index is 1.64. The highest BCUT2D eigenvalue weighted by Gasteiger charge is 1.97. The fourth-order valence-electron chi connectivity index (χ4n) is 2.52. The van der Waals surface area contributed by atoms with Gasteiger partial charge in [-0.15, -0.1) is 0 Å². The summed E-state index contributed by atoms with van der Waals surface area (Å²) in [4.78, 5) is 10.9. The Morgan fingerprint density at radius 2 is 1.46 bits per heavy atom. The highest BCUT2D eigenvalue weighted by atomic mass is 16.5. The number of ether oxygens (including phenoxy) is 2. The summed E-state index contributed by atoms with van der Waals surface area (Å²) >= 11 is 0. The third-order valence-electron chi connectivity index (χ3n) is 4.11. The van der Waals surface area contributed by atoms with E-state index in [1.54, 1.807) is 0 Å². The zero-order valence-electron chi connectivity index (χ0n) is 16.0. The van der Waals surface area contributed by atoms with E-state index in [1.165, 1.54) is 6.08 Å². The van der Waals surface area contributed by atoms with Crippen molar-refractivity contribution in [2.75, 3.05) is 13.2 Å². The molecule has 0 aliphatic carbocycles. The Kier molecular flexibility index (Phi) is 9.10. The van der Waals surface area contributed by atoms with Crippen LogP contribution in [0.1, 0.15) is 42.4 Å². The Morgan fingerprint density at radius 1 is 0.893 bits per heavy atom. The lowest BCUT2D eigenvalue weighted by molar-refractivity contribution is -0.137. The summed E-state index contributed by atoms with van der Waals surface area (Å²) in [5.74, 6) is 0.494. The summed E-state index contributed by atoms with van der Waals surface area (Å²) in [6.45, 7) is 4.48. The number of esters is 1. The van der Waals surface area contributed by atoms with E-state index in [9.17, 15) is 4.79 Å². The predicted molar refractivity (Wildman–Crippen MR) is 112 cm³/mol. The predicted octanol–water partition coefficient (Wildman–Crippen LogP) is 5.40. The van der Waals surface area contributed by atoms with Gasteiger partial charge < -0.3 is 9.47 Å². The molecule has 0 bridgehead atoms. The van der Waals surface area contributed by atoms with Crippen LogP contribution in [0.5, 0.6) is 5.75 Å². The first-order valence-electron chi connectivity index (χ1n) is 9.41. The molecule has 4 nitrogen and oxygen atoms in total. The Bertz CT molecular complexity index is 814. The molecule has 2 aromatic carbocycles. The fourth-order valence-corrected chi connectivity index (χ4v) is 2.52. The van der Waals surface area contributed by atoms with E-state index < -0.39 is 0 Å². The van der Waals surface area contributed by atoms with E-state index in [1.807, 2.05) is 60.7 Å². The van der Waals surface area contributed by atoms with Crippen molar-refractivity contribution in [1.82, 2.24) is 0 Å². The number of hydrogen-bond acceptors (Lipinski definition) is 4. The molecule has 4 heteroatoms. The zero-order chi connectivity index (χ0) is 20.0. The van der Waals surface area contributed by atoms with E-state index in [0.29, 0.717) is 18.8 Å². The quantitative estimate of drug-likeness (QED) is 0.228. The topological polar surface area (TPSA) is 59.3 Å². The van der Waals surface area contributed by atoms with Crippen molar-refractivity contribution in [1.29, 1.82) is 5.26 Å². The number of benzene rings is 2. The lowest BCUT2D eigenvalue weighted by Crippen LogP contribution is -2.02. The van der Waals surface area contributed by atoms with E-state index in [0.717, 1.165) is 42.6 Å². The van der Waals surface area contributed by atoms with Crippen molar-refractivity contribution in [2.45, 2.75) is 25.7 Å². The van der Waals surface area contributed by atoms with Gasteiger partial charge in [-0.05, 0) is 61.1 Å². The monoisotopic (exact) mass is 375 g/mol. The van der Waals surface area contributed by atoms with Crippen molar-refractivity contribution in [2.24, 2.45) is 0 Å². The van der Waals surface area contributed by atoms with Crippen molar-refractivity contribution in [3.05, 3.63) is 77.9 Å². The zero-order valence-corrected chi connectivity index (χ0v) is 16.0. The smallest absolute Gasteiger partial charge is 0.330 e. The minimum Gasteiger partial charge on any atom is -0.494 e. The SMILES string of the molecule is C=CC(=O)OCCCCCCOc1ccc(/C=C/c2ccc(C#N)cc2)cc1. The van der Waals surface area contributed by atoms with Crippen molar-refractivity contribution in [3.8, 4) is 11.8 Å². The van der Waals surface area contributed by atoms with Crippen molar-refractivity contribution >= 4 is 18.1 Å². The summed E-state index contributed by atoms with van der Waals surface area (Å²) in [5, 5.41) is 8.82. The molecule has 0 amide bonds. The van der Waals surface area contributed by atoms with Crippen molar-refractivity contribution < 1.29 is 14.3 Å². The molecule has 0 atom stereocenters. The molecule has 0 saturated heterocycles. The Morgan fingerprint density at radius 3 is 2.04 bits per heavy atom. The second kappa shape index (κ2) is 12.1. The third kappa shape index (κ3) is 7.92. The van der Waals surface area contributed by atoms with E-state index in [-0.39, 0.29) is 5.97 Å². The van der Waals surface area contributed by atoms with Crippen LogP contribution in [-0.4, -0.2) is 19.2 Å². The Labute approximate surface area is 166 Å². The minimum atomic E-state index is -0.362. The maximum atomic E-state index is 10.9. The maximum Gasteiger partial charge on any atom is 0.330 e. The van der Waals surface area contributed by atoms with E-state index >= 15 is 0 Å². The van der Waals surface area contributed by atoms with Gasteiger partial charge in [-0.25, -0.2) is 4.79 Å². The van der Waals surface area contributed by atoms with E-state index in [4.69, 9.17) is 14.7 Å². The van der Waals surface area contributed by atoms with Gasteiger partial charge in [0.1, 0.15) is 5.75 Å². The number of hydrogen-bond donors (Lipinski definition) is 0. The molecule has 0 N–H and O–H groups in total. The summed E-state index contributed by atoms with van der Waals surface area (Å²) in [7, 11) is 0. The van der Waals surface area contributed by atoms with Crippen LogP contribution in [0.4, 0.5) is 0 Å². The molecule has 0 saturated carbocycles. The van der Waals surface area contributed by atoms with Gasteiger partial charge in [0.2, 0.25) is 0 Å². The Hall–Kier alpha value is -3.32. The van der Waals surface area contributed by atoms with Crippen LogP contribution in [0.2, 0.25) is 0 Å². The van der Waals surface area contributed by atoms with Gasteiger partial charge >= 0.3 is 5.97 Å². The highest BCUT2D eigenvalue weighted by Crippen LogP contribution is 2.15. The van der Waals surface area contributed by atoms with Gasteiger partial charge in [0, 0.05) is 6.08 Å². The fraction of sp³-hybridized carbons (Fsp3) is 0.250. The van der Waals surface area contributed by atoms with Crippen LogP contribution in [0.15, 0.2) is 61.2 Å². The van der Waals surface area contributed by atoms with Gasteiger partial charge in [-0.2, -0.15) is 5.26 Å². The number of unbranched alkanes of at least 4 members (excludes halogenated alkanes) is 3. The summed E-state index contributed by atoms with van der Waals surface area (Å²) in [6, 6.07) is 17.6. The van der Waals surface area contributed by atoms with Gasteiger partial charge in [0.15, 0.2) is 0 Å². The molecule has 0 aliphatic heterocycles. The van der Waals surface area contributed by atoms with E-state index in [2.05, 4.69) is 12.6 Å². The maximum absolute atomic E-state index is 10.9. The number of carbonyl (C=O) groups is 1. The minimum absolute atomic E-state index is 0.362. The molecule has 0 spiro atoms. The summed E-state index contributed by atoms with van der Waals surface area (Å²) in [6.07, 6.45) is 9.11. The first-order chi connectivity index (χ1) is 13.7. The molecule has 0 aliphatic rings. The third-order valence-corrected chi connectivity index (χ3v) is 4.11. The van der Waals surface area contributed by atoms with Gasteiger partial charge in [-0.3, -0.25) is 0 Å². The largest absolute Gasteiger partial charge is 0.494 e. The van der Waals surface area contributed by atoms with Gasteiger partial charge in [0.05, 0.1) is 24.8 Å². The number of nitriles is 1. The lowest BCUT2D eigenvalue weighted by Gasteiger charge is -2.06. The lowest BCUT2D eigenvalue weighted by atomic mass is 10.1. The number of rotatable bonds is 11. The molecule has 0 aromatic heterocycles. The van der Waals surface area contributed by atoms with Crippen molar-refractivity contribution in [3.63, 3.8) is 0 Å². The van der Waals surface area contributed by atoms with Gasteiger partial charge in [0.25, 0.3) is 0 Å². The highest BCUT2D eigenvalue weighted by molar-refractivity contribution is 5.81. The molecule has 0 fully saturated rings. The first-order valence-corrected chi connectivity index (χ1v) is 9.41. The normalized spacial score (nSPS) is 10.4. The summed E-state index contributed by atoms with van der Waals surface area (Å²) < 4.78 is 10.7. The van der Waals surface area contributed by atoms with Crippen LogP contribution in [0, 0.1) is 11.3 Å². The molecular weight excluding hydrogens is 350 g/mol. The standard InChI is InChI=1S/C24H25NO3/c1-2-24(26)28-18-6-4-3-5-17-27-23-15-13-21(14-16-23)8-7-20-9-11-22(19-25)12-10-20/h2,7-16H,1,3-6,17-18H2/b8-7+. The van der Waals surface area contributed by atoms with Crippen LogP contribution in [0.3, 0.4) is 0 Å². The summed E-state index contributed by atoms with van der Waals surface area (Å²) in [5.41, 5.74) is 2.80.